The summed E-state index contributed by atoms with van der Waals surface area (Å²) >= 11 is 6.25. The van der Waals surface area contributed by atoms with Crippen LogP contribution in [0.3, 0.4) is 0 Å². The summed E-state index contributed by atoms with van der Waals surface area (Å²) in [5.41, 5.74) is 8.66. The largest absolute Gasteiger partial charge is 0.398 e. The van der Waals surface area contributed by atoms with Crippen molar-refractivity contribution in [1.29, 1.82) is 0 Å². The van der Waals surface area contributed by atoms with Gasteiger partial charge in [-0.1, -0.05) is 17.7 Å². The molecular weight excluding hydrogens is 277 g/mol. The summed E-state index contributed by atoms with van der Waals surface area (Å²) in [4.78, 5) is 4.58. The minimum Gasteiger partial charge on any atom is -0.398 e. The number of nitrogens with two attached hydrogens (primary N) is 1. The molecule has 0 atom stereocenters. The van der Waals surface area contributed by atoms with E-state index in [0.29, 0.717) is 28.6 Å². The highest BCUT2D eigenvalue weighted by atomic mass is 35.5. The van der Waals surface area contributed by atoms with Crippen LogP contribution in [0.5, 0.6) is 0 Å². The Labute approximate surface area is 120 Å². The van der Waals surface area contributed by atoms with Crippen LogP contribution in [0.2, 0.25) is 5.02 Å². The maximum Gasteiger partial charge on any atom is 0.143 e. The van der Waals surface area contributed by atoms with Crippen molar-refractivity contribution in [2.24, 2.45) is 0 Å². The van der Waals surface area contributed by atoms with Crippen molar-refractivity contribution in [3.63, 3.8) is 0 Å². The number of benzene rings is 2. The number of fused-ring (bicyclic) bond motifs is 1. The normalized spacial score (nSPS) is 11.2. The van der Waals surface area contributed by atoms with Crippen LogP contribution >= 0.6 is 11.6 Å². The van der Waals surface area contributed by atoms with Gasteiger partial charge >= 0.3 is 0 Å². The molecule has 2 aromatic carbocycles. The molecule has 0 fully saturated rings. The maximum atomic E-state index is 13.2. The minimum absolute atomic E-state index is 0.358. The maximum absolute atomic E-state index is 13.2. The predicted octanol–water partition coefficient (Wildman–Crippen LogP) is 4.10. The summed E-state index contributed by atoms with van der Waals surface area (Å²) in [6, 6.07) is 9.91. The van der Waals surface area contributed by atoms with Crippen LogP contribution in [-0.4, -0.2) is 9.55 Å². The van der Waals surface area contributed by atoms with E-state index in [1.54, 1.807) is 6.07 Å². The van der Waals surface area contributed by atoms with Gasteiger partial charge in [0, 0.05) is 17.8 Å². The molecule has 1 heterocycles. The zero-order chi connectivity index (χ0) is 14.3. The summed E-state index contributed by atoms with van der Waals surface area (Å²) in [6.45, 7) is 2.71. The highest BCUT2D eigenvalue weighted by Crippen LogP contribution is 2.32. The van der Waals surface area contributed by atoms with Gasteiger partial charge in [-0.3, -0.25) is 0 Å². The molecule has 0 spiro atoms. The molecular formula is C15H13ClFN3. The number of aryl methyl sites for hydroxylation is 1. The summed E-state index contributed by atoms with van der Waals surface area (Å²) in [5, 5.41) is 0.642. The molecule has 0 aliphatic carbocycles. The van der Waals surface area contributed by atoms with E-state index in [2.05, 4.69) is 4.98 Å². The lowest BCUT2D eigenvalue weighted by Crippen LogP contribution is -2.00. The van der Waals surface area contributed by atoms with Crippen LogP contribution in [0.1, 0.15) is 6.92 Å². The van der Waals surface area contributed by atoms with Gasteiger partial charge in [-0.15, -0.1) is 0 Å². The molecule has 0 bridgehead atoms. The molecule has 20 heavy (non-hydrogen) atoms. The number of anilines is 1. The molecule has 1 aromatic heterocycles. The van der Waals surface area contributed by atoms with Crippen molar-refractivity contribution in [3.8, 4) is 11.4 Å². The number of hydrogen-bond acceptors (Lipinski definition) is 2. The number of aromatic nitrogens is 2. The zero-order valence-corrected chi connectivity index (χ0v) is 11.7. The van der Waals surface area contributed by atoms with Crippen LogP contribution in [0.15, 0.2) is 36.4 Å². The first-order valence-electron chi connectivity index (χ1n) is 6.32. The van der Waals surface area contributed by atoms with Crippen LogP contribution in [0.25, 0.3) is 22.4 Å². The quantitative estimate of drug-likeness (QED) is 0.722. The Hall–Kier alpha value is -2.07. The third-order valence-corrected chi connectivity index (χ3v) is 3.59. The van der Waals surface area contributed by atoms with E-state index in [-0.39, 0.29) is 5.82 Å². The number of hydrogen-bond donors (Lipinski definition) is 1. The second-order valence-corrected chi connectivity index (χ2v) is 4.93. The molecule has 102 valence electrons. The lowest BCUT2D eigenvalue weighted by molar-refractivity contribution is 0.628. The fourth-order valence-corrected chi connectivity index (χ4v) is 2.66. The first-order chi connectivity index (χ1) is 9.61. The van der Waals surface area contributed by atoms with Gasteiger partial charge in [0.15, 0.2) is 0 Å². The molecule has 0 aliphatic rings. The van der Waals surface area contributed by atoms with Crippen molar-refractivity contribution >= 4 is 28.3 Å². The van der Waals surface area contributed by atoms with Gasteiger partial charge in [-0.25, -0.2) is 9.37 Å². The molecule has 0 saturated heterocycles. The predicted molar refractivity (Wildman–Crippen MR) is 80.2 cm³/mol. The number of imidazole rings is 1. The fraction of sp³-hybridized carbons (Fsp3) is 0.133. The molecule has 0 radical (unpaired) electrons. The van der Waals surface area contributed by atoms with E-state index in [9.17, 15) is 4.39 Å². The Kier molecular flexibility index (Phi) is 3.10. The standard InChI is InChI=1S/C15H13ClFN3/c1-2-20-14-11(16)4-3-5-13(14)19-15(20)10-7-6-9(17)8-12(10)18/h3-8H,2,18H2,1H3. The van der Waals surface area contributed by atoms with Gasteiger partial charge in [0.25, 0.3) is 0 Å². The lowest BCUT2D eigenvalue weighted by atomic mass is 10.1. The Morgan fingerprint density at radius 3 is 2.80 bits per heavy atom. The van der Waals surface area contributed by atoms with Gasteiger partial charge in [0.1, 0.15) is 11.6 Å². The second kappa shape index (κ2) is 4.80. The average molecular weight is 290 g/mol. The van der Waals surface area contributed by atoms with Crippen molar-refractivity contribution in [1.82, 2.24) is 9.55 Å². The number of para-hydroxylation sites is 1. The molecule has 0 saturated carbocycles. The molecule has 2 N–H and O–H groups in total. The Morgan fingerprint density at radius 2 is 2.10 bits per heavy atom. The topological polar surface area (TPSA) is 43.8 Å². The smallest absolute Gasteiger partial charge is 0.143 e. The first kappa shape index (κ1) is 12.9. The van der Waals surface area contributed by atoms with Crippen LogP contribution < -0.4 is 5.73 Å². The third kappa shape index (κ3) is 1.93. The van der Waals surface area contributed by atoms with E-state index in [0.717, 1.165) is 11.0 Å². The first-order valence-corrected chi connectivity index (χ1v) is 6.69. The number of halogens is 2. The fourth-order valence-electron chi connectivity index (χ4n) is 2.39. The minimum atomic E-state index is -0.358. The van der Waals surface area contributed by atoms with Crippen LogP contribution in [-0.2, 0) is 6.54 Å². The second-order valence-electron chi connectivity index (χ2n) is 4.52. The summed E-state index contributed by atoms with van der Waals surface area (Å²) < 4.78 is 15.2. The molecule has 3 rings (SSSR count). The number of nitrogen functional groups attached to an aromatic ring is 1. The molecule has 0 amide bonds. The highest BCUT2D eigenvalue weighted by Gasteiger charge is 2.15. The molecule has 3 aromatic rings. The highest BCUT2D eigenvalue weighted by molar-refractivity contribution is 6.35. The molecule has 0 unspecified atom stereocenters. The van der Waals surface area contributed by atoms with Crippen LogP contribution in [0, 0.1) is 5.82 Å². The van der Waals surface area contributed by atoms with Crippen LogP contribution in [0.4, 0.5) is 10.1 Å². The average Bonchev–Trinajstić information content (AvgIpc) is 2.78. The molecule has 3 nitrogen and oxygen atoms in total. The molecule has 0 aliphatic heterocycles. The van der Waals surface area contributed by atoms with Gasteiger partial charge in [-0.05, 0) is 37.3 Å². The van der Waals surface area contributed by atoms with E-state index >= 15 is 0 Å². The van der Waals surface area contributed by atoms with Crippen molar-refractivity contribution < 1.29 is 4.39 Å². The summed E-state index contributed by atoms with van der Waals surface area (Å²) in [7, 11) is 0. The van der Waals surface area contributed by atoms with Crippen molar-refractivity contribution in [2.45, 2.75) is 13.5 Å². The number of nitrogens with zero attached hydrogens (tertiary/aromatic N) is 2. The SMILES string of the molecule is CCn1c(-c2ccc(F)cc2N)nc2cccc(Cl)c21. The third-order valence-electron chi connectivity index (χ3n) is 3.29. The van der Waals surface area contributed by atoms with E-state index < -0.39 is 0 Å². The van der Waals surface area contributed by atoms with Gasteiger partial charge < -0.3 is 10.3 Å². The summed E-state index contributed by atoms with van der Waals surface area (Å²) in [6.07, 6.45) is 0. The Bertz CT molecular complexity index is 795. The van der Waals surface area contributed by atoms with E-state index in [1.165, 1.54) is 12.1 Å². The number of rotatable bonds is 2. The lowest BCUT2D eigenvalue weighted by Gasteiger charge is -2.09. The van der Waals surface area contributed by atoms with Gasteiger partial charge in [-0.2, -0.15) is 0 Å². The van der Waals surface area contributed by atoms with Crippen molar-refractivity contribution in [3.05, 3.63) is 47.2 Å². The van der Waals surface area contributed by atoms with E-state index in [1.807, 2.05) is 29.7 Å². The van der Waals surface area contributed by atoms with E-state index in [4.69, 9.17) is 17.3 Å². The van der Waals surface area contributed by atoms with Gasteiger partial charge in [0.05, 0.1) is 16.1 Å². The zero-order valence-electron chi connectivity index (χ0n) is 10.9. The van der Waals surface area contributed by atoms with Gasteiger partial charge in [0.2, 0.25) is 0 Å². The summed E-state index contributed by atoms with van der Waals surface area (Å²) in [5.74, 6) is 0.344. The Morgan fingerprint density at radius 1 is 1.30 bits per heavy atom. The Balaban J connectivity index is 2.33. The molecule has 5 heteroatoms. The monoisotopic (exact) mass is 289 g/mol. The van der Waals surface area contributed by atoms with Crippen molar-refractivity contribution in [2.75, 3.05) is 5.73 Å².